The number of carbonyl (C=O) groups is 1. The molecule has 1 amide bonds. The SMILES string of the molecule is O=C(C1NCCc2[nH]cnc21)N(Cc1ccccc1)Cc1nccs1. The Hall–Kier alpha value is -2.51. The minimum absolute atomic E-state index is 0.0344. The first-order chi connectivity index (χ1) is 12.3. The Bertz CT molecular complexity index is 830. The van der Waals surface area contributed by atoms with E-state index in [0.717, 1.165) is 34.9 Å². The third-order valence-electron chi connectivity index (χ3n) is 4.33. The van der Waals surface area contributed by atoms with E-state index in [4.69, 9.17) is 0 Å². The number of amides is 1. The Kier molecular flexibility index (Phi) is 4.58. The van der Waals surface area contributed by atoms with E-state index in [1.165, 1.54) is 0 Å². The second-order valence-corrected chi connectivity index (χ2v) is 6.99. The van der Waals surface area contributed by atoms with Gasteiger partial charge in [-0.2, -0.15) is 0 Å². The van der Waals surface area contributed by atoms with Crippen LogP contribution in [0.25, 0.3) is 0 Å². The lowest BCUT2D eigenvalue weighted by Crippen LogP contribution is -2.43. The molecular weight excluding hydrogens is 334 g/mol. The zero-order valence-electron chi connectivity index (χ0n) is 13.7. The van der Waals surface area contributed by atoms with Gasteiger partial charge in [-0.1, -0.05) is 30.3 Å². The largest absolute Gasteiger partial charge is 0.348 e. The van der Waals surface area contributed by atoms with E-state index < -0.39 is 6.04 Å². The maximum absolute atomic E-state index is 13.3. The number of carbonyl (C=O) groups excluding carboxylic acids is 1. The first kappa shape index (κ1) is 16.0. The van der Waals surface area contributed by atoms with E-state index in [-0.39, 0.29) is 5.91 Å². The molecule has 6 nitrogen and oxygen atoms in total. The Labute approximate surface area is 149 Å². The van der Waals surface area contributed by atoms with Gasteiger partial charge in [-0.15, -0.1) is 11.3 Å². The number of hydrogen-bond acceptors (Lipinski definition) is 5. The minimum atomic E-state index is -0.404. The fourth-order valence-corrected chi connectivity index (χ4v) is 3.75. The van der Waals surface area contributed by atoms with Gasteiger partial charge >= 0.3 is 0 Å². The summed E-state index contributed by atoms with van der Waals surface area (Å²) in [5.74, 6) is 0.0344. The highest BCUT2D eigenvalue weighted by Gasteiger charge is 2.32. The number of aromatic nitrogens is 3. The number of imidazole rings is 1. The molecule has 0 spiro atoms. The fraction of sp³-hybridized carbons (Fsp3) is 0.278. The quantitative estimate of drug-likeness (QED) is 0.738. The summed E-state index contributed by atoms with van der Waals surface area (Å²) in [7, 11) is 0. The average Bonchev–Trinajstić information content (AvgIpc) is 3.32. The van der Waals surface area contributed by atoms with E-state index in [2.05, 4.69) is 20.3 Å². The van der Waals surface area contributed by atoms with Crippen molar-refractivity contribution in [3.63, 3.8) is 0 Å². The number of nitrogens with one attached hydrogen (secondary N) is 2. The Morgan fingerprint density at radius 3 is 2.92 bits per heavy atom. The van der Waals surface area contributed by atoms with Crippen LogP contribution in [-0.4, -0.2) is 32.3 Å². The minimum Gasteiger partial charge on any atom is -0.348 e. The molecule has 2 aromatic heterocycles. The second-order valence-electron chi connectivity index (χ2n) is 6.01. The van der Waals surface area contributed by atoms with Gasteiger partial charge in [0.05, 0.1) is 18.6 Å². The van der Waals surface area contributed by atoms with Gasteiger partial charge in [0.1, 0.15) is 11.0 Å². The Balaban J connectivity index is 1.60. The zero-order valence-corrected chi connectivity index (χ0v) is 14.5. The molecule has 3 heterocycles. The van der Waals surface area contributed by atoms with Gasteiger partial charge in [0.2, 0.25) is 5.91 Å². The molecule has 0 saturated heterocycles. The number of benzene rings is 1. The average molecular weight is 353 g/mol. The first-order valence-corrected chi connectivity index (χ1v) is 9.16. The van der Waals surface area contributed by atoms with Crippen LogP contribution in [0.3, 0.4) is 0 Å². The molecule has 7 heteroatoms. The number of nitrogens with zero attached hydrogens (tertiary/aromatic N) is 3. The van der Waals surface area contributed by atoms with Gasteiger partial charge in [0.25, 0.3) is 0 Å². The van der Waals surface area contributed by atoms with Crippen LogP contribution in [0.15, 0.2) is 48.2 Å². The van der Waals surface area contributed by atoms with Crippen LogP contribution < -0.4 is 5.32 Å². The molecule has 128 valence electrons. The third kappa shape index (κ3) is 3.47. The summed E-state index contributed by atoms with van der Waals surface area (Å²) in [5, 5.41) is 6.18. The van der Waals surface area contributed by atoms with Gasteiger partial charge in [0, 0.05) is 36.8 Å². The summed E-state index contributed by atoms with van der Waals surface area (Å²) in [5.41, 5.74) is 2.96. The Morgan fingerprint density at radius 2 is 2.12 bits per heavy atom. The highest BCUT2D eigenvalue weighted by molar-refractivity contribution is 7.09. The molecule has 0 fully saturated rings. The molecule has 25 heavy (non-hydrogen) atoms. The summed E-state index contributed by atoms with van der Waals surface area (Å²) in [6.07, 6.45) is 4.31. The van der Waals surface area contributed by atoms with Crippen molar-refractivity contribution < 1.29 is 4.79 Å². The normalized spacial score (nSPS) is 16.4. The summed E-state index contributed by atoms with van der Waals surface area (Å²) in [6, 6.07) is 9.64. The van der Waals surface area contributed by atoms with E-state index in [1.54, 1.807) is 23.9 Å². The highest BCUT2D eigenvalue weighted by Crippen LogP contribution is 2.23. The fourth-order valence-electron chi connectivity index (χ4n) is 3.12. The van der Waals surface area contributed by atoms with Crippen molar-refractivity contribution in [2.45, 2.75) is 25.6 Å². The van der Waals surface area contributed by atoms with Gasteiger partial charge in [-0.05, 0) is 5.56 Å². The van der Waals surface area contributed by atoms with Crippen LogP contribution in [0.2, 0.25) is 0 Å². The molecule has 0 bridgehead atoms. The predicted molar refractivity (Wildman–Crippen MR) is 95.8 cm³/mol. The van der Waals surface area contributed by atoms with Crippen LogP contribution in [0, 0.1) is 0 Å². The summed E-state index contributed by atoms with van der Waals surface area (Å²) in [6.45, 7) is 1.82. The first-order valence-electron chi connectivity index (χ1n) is 8.28. The predicted octanol–water partition coefficient (Wildman–Crippen LogP) is 2.28. The monoisotopic (exact) mass is 353 g/mol. The van der Waals surface area contributed by atoms with Crippen LogP contribution in [-0.2, 0) is 24.3 Å². The standard InChI is InChI=1S/C18H19N5OS/c24-18(17-16-14(6-7-20-17)21-12-22-16)23(11-15-19-8-9-25-15)10-13-4-2-1-3-5-13/h1-5,8-9,12,17,20H,6-7,10-11H2,(H,21,22). The van der Waals surface area contributed by atoms with E-state index >= 15 is 0 Å². The van der Waals surface area contributed by atoms with E-state index in [1.807, 2.05) is 40.6 Å². The van der Waals surface area contributed by atoms with Crippen molar-refractivity contribution in [2.24, 2.45) is 0 Å². The smallest absolute Gasteiger partial charge is 0.246 e. The van der Waals surface area contributed by atoms with E-state index in [9.17, 15) is 4.79 Å². The lowest BCUT2D eigenvalue weighted by atomic mass is 10.0. The molecule has 3 aromatic rings. The molecule has 0 radical (unpaired) electrons. The second kappa shape index (κ2) is 7.16. The maximum Gasteiger partial charge on any atom is 0.246 e. The molecule has 1 unspecified atom stereocenters. The Morgan fingerprint density at radius 1 is 1.24 bits per heavy atom. The van der Waals surface area contributed by atoms with Crippen molar-refractivity contribution in [3.05, 3.63) is 70.2 Å². The van der Waals surface area contributed by atoms with Gasteiger partial charge in [-0.3, -0.25) is 4.79 Å². The molecule has 1 atom stereocenters. The van der Waals surface area contributed by atoms with Crippen molar-refractivity contribution >= 4 is 17.2 Å². The van der Waals surface area contributed by atoms with Crippen molar-refractivity contribution in [2.75, 3.05) is 6.54 Å². The number of aromatic amines is 1. The third-order valence-corrected chi connectivity index (χ3v) is 5.10. The molecule has 2 N–H and O–H groups in total. The lowest BCUT2D eigenvalue weighted by molar-refractivity contribution is -0.135. The van der Waals surface area contributed by atoms with Gasteiger partial charge < -0.3 is 15.2 Å². The topological polar surface area (TPSA) is 73.9 Å². The van der Waals surface area contributed by atoms with E-state index in [0.29, 0.717) is 13.1 Å². The number of rotatable bonds is 5. The molecule has 0 saturated carbocycles. The molecular formula is C18H19N5OS. The molecule has 0 aliphatic carbocycles. The molecule has 1 aliphatic rings. The van der Waals surface area contributed by atoms with Crippen LogP contribution >= 0.6 is 11.3 Å². The summed E-state index contributed by atoms with van der Waals surface area (Å²) in [4.78, 5) is 27.0. The highest BCUT2D eigenvalue weighted by atomic mass is 32.1. The summed E-state index contributed by atoms with van der Waals surface area (Å²) < 4.78 is 0. The van der Waals surface area contributed by atoms with Gasteiger partial charge in [0.15, 0.2) is 0 Å². The van der Waals surface area contributed by atoms with Crippen molar-refractivity contribution in [1.82, 2.24) is 25.2 Å². The molecule has 1 aromatic carbocycles. The zero-order chi connectivity index (χ0) is 17.1. The molecule has 4 rings (SSSR count). The van der Waals surface area contributed by atoms with Crippen LogP contribution in [0.5, 0.6) is 0 Å². The van der Waals surface area contributed by atoms with Crippen LogP contribution in [0.1, 0.15) is 28.0 Å². The number of hydrogen-bond donors (Lipinski definition) is 2. The van der Waals surface area contributed by atoms with Crippen LogP contribution in [0.4, 0.5) is 0 Å². The molecule has 1 aliphatic heterocycles. The number of thiazole rings is 1. The van der Waals surface area contributed by atoms with Gasteiger partial charge in [-0.25, -0.2) is 9.97 Å². The van der Waals surface area contributed by atoms with Crippen molar-refractivity contribution in [3.8, 4) is 0 Å². The van der Waals surface area contributed by atoms with Crippen molar-refractivity contribution in [1.29, 1.82) is 0 Å². The number of fused-ring (bicyclic) bond motifs is 1. The number of H-pyrrole nitrogens is 1. The summed E-state index contributed by atoms with van der Waals surface area (Å²) >= 11 is 1.57. The maximum atomic E-state index is 13.3. The lowest BCUT2D eigenvalue weighted by Gasteiger charge is -2.29.